The van der Waals surface area contributed by atoms with Crippen LogP contribution in [-0.2, 0) is 6.54 Å². The Morgan fingerprint density at radius 2 is 2.46 bits per heavy atom. The SMILES string of the molecule is CCNCC(C)Cn1cc(Cl)cn1. The summed E-state index contributed by atoms with van der Waals surface area (Å²) in [6, 6.07) is 0. The molecular formula is C9H16ClN3. The van der Waals surface area contributed by atoms with Crippen molar-refractivity contribution in [1.29, 1.82) is 0 Å². The van der Waals surface area contributed by atoms with Gasteiger partial charge in [-0.2, -0.15) is 5.10 Å². The summed E-state index contributed by atoms with van der Waals surface area (Å²) in [4.78, 5) is 0. The lowest BCUT2D eigenvalue weighted by Crippen LogP contribution is -2.23. The standard InChI is InChI=1S/C9H16ClN3/c1-3-11-4-8(2)6-13-7-9(10)5-12-13/h5,7-8,11H,3-4,6H2,1-2H3. The predicted octanol–water partition coefficient (Wildman–Crippen LogP) is 1.78. The van der Waals surface area contributed by atoms with Crippen LogP contribution in [0.15, 0.2) is 12.4 Å². The average Bonchev–Trinajstić information content (AvgIpc) is 2.48. The number of hydrogen-bond acceptors (Lipinski definition) is 2. The van der Waals surface area contributed by atoms with E-state index in [1.807, 2.05) is 10.9 Å². The molecule has 0 radical (unpaired) electrons. The Labute approximate surface area is 84.1 Å². The minimum atomic E-state index is 0.580. The summed E-state index contributed by atoms with van der Waals surface area (Å²) in [7, 11) is 0. The lowest BCUT2D eigenvalue weighted by Gasteiger charge is -2.11. The molecule has 0 saturated carbocycles. The molecule has 13 heavy (non-hydrogen) atoms. The van der Waals surface area contributed by atoms with Crippen LogP contribution < -0.4 is 5.32 Å². The molecule has 1 N–H and O–H groups in total. The largest absolute Gasteiger partial charge is 0.317 e. The second-order valence-corrected chi connectivity index (χ2v) is 3.73. The monoisotopic (exact) mass is 201 g/mol. The van der Waals surface area contributed by atoms with Crippen LogP contribution in [0.3, 0.4) is 0 Å². The summed E-state index contributed by atoms with van der Waals surface area (Å²) < 4.78 is 1.88. The molecule has 1 heterocycles. The lowest BCUT2D eigenvalue weighted by molar-refractivity contribution is 0.427. The summed E-state index contributed by atoms with van der Waals surface area (Å²) >= 11 is 5.75. The van der Waals surface area contributed by atoms with Crippen molar-refractivity contribution in [2.45, 2.75) is 20.4 Å². The summed E-state index contributed by atoms with van der Waals surface area (Å²) in [5.41, 5.74) is 0. The van der Waals surface area contributed by atoms with Gasteiger partial charge in [0.05, 0.1) is 11.2 Å². The molecule has 1 unspecified atom stereocenters. The molecule has 1 aromatic rings. The Bertz CT molecular complexity index is 247. The predicted molar refractivity (Wildman–Crippen MR) is 54.9 cm³/mol. The molecule has 0 aliphatic carbocycles. The normalized spacial score (nSPS) is 13.2. The lowest BCUT2D eigenvalue weighted by atomic mass is 10.2. The van der Waals surface area contributed by atoms with E-state index in [1.165, 1.54) is 0 Å². The van der Waals surface area contributed by atoms with Crippen LogP contribution in [0.1, 0.15) is 13.8 Å². The summed E-state index contributed by atoms with van der Waals surface area (Å²) in [6.45, 7) is 7.26. The maximum Gasteiger partial charge on any atom is 0.0785 e. The molecule has 74 valence electrons. The fourth-order valence-electron chi connectivity index (χ4n) is 1.21. The number of aromatic nitrogens is 2. The first-order valence-corrected chi connectivity index (χ1v) is 4.98. The van der Waals surface area contributed by atoms with E-state index < -0.39 is 0 Å². The minimum absolute atomic E-state index is 0.580. The van der Waals surface area contributed by atoms with Crippen molar-refractivity contribution in [1.82, 2.24) is 15.1 Å². The molecule has 0 aliphatic rings. The van der Waals surface area contributed by atoms with E-state index in [1.54, 1.807) is 6.20 Å². The van der Waals surface area contributed by atoms with Gasteiger partial charge >= 0.3 is 0 Å². The second-order valence-electron chi connectivity index (χ2n) is 3.29. The third-order valence-corrected chi connectivity index (χ3v) is 2.04. The van der Waals surface area contributed by atoms with Gasteiger partial charge in [0.2, 0.25) is 0 Å². The van der Waals surface area contributed by atoms with Crippen molar-refractivity contribution in [3.05, 3.63) is 17.4 Å². The van der Waals surface area contributed by atoms with E-state index in [0.717, 1.165) is 19.6 Å². The number of nitrogens with one attached hydrogen (secondary N) is 1. The highest BCUT2D eigenvalue weighted by Crippen LogP contribution is 2.06. The summed E-state index contributed by atoms with van der Waals surface area (Å²) in [5, 5.41) is 8.13. The molecule has 0 aromatic carbocycles. The van der Waals surface area contributed by atoms with Gasteiger partial charge in [0, 0.05) is 12.7 Å². The zero-order valence-electron chi connectivity index (χ0n) is 8.13. The van der Waals surface area contributed by atoms with E-state index in [0.29, 0.717) is 10.9 Å². The van der Waals surface area contributed by atoms with Crippen molar-refractivity contribution in [3.8, 4) is 0 Å². The molecule has 1 atom stereocenters. The van der Waals surface area contributed by atoms with Gasteiger partial charge in [-0.3, -0.25) is 4.68 Å². The van der Waals surface area contributed by atoms with Crippen LogP contribution in [0.4, 0.5) is 0 Å². The van der Waals surface area contributed by atoms with Crippen molar-refractivity contribution >= 4 is 11.6 Å². The Kier molecular flexibility index (Phi) is 4.25. The van der Waals surface area contributed by atoms with Crippen LogP contribution in [-0.4, -0.2) is 22.9 Å². The van der Waals surface area contributed by atoms with Crippen LogP contribution in [0, 0.1) is 5.92 Å². The number of hydrogen-bond donors (Lipinski definition) is 1. The van der Waals surface area contributed by atoms with Crippen LogP contribution in [0.5, 0.6) is 0 Å². The highest BCUT2D eigenvalue weighted by molar-refractivity contribution is 6.30. The Morgan fingerprint density at radius 3 is 3.00 bits per heavy atom. The molecule has 0 amide bonds. The zero-order valence-corrected chi connectivity index (χ0v) is 8.88. The van der Waals surface area contributed by atoms with Gasteiger partial charge in [0.1, 0.15) is 0 Å². The highest BCUT2D eigenvalue weighted by Gasteiger charge is 2.03. The first-order chi connectivity index (χ1) is 6.22. The molecule has 4 heteroatoms. The van der Waals surface area contributed by atoms with Crippen LogP contribution >= 0.6 is 11.6 Å². The third-order valence-electron chi connectivity index (χ3n) is 1.84. The molecule has 0 fully saturated rings. The van der Waals surface area contributed by atoms with Crippen LogP contribution in [0.2, 0.25) is 5.02 Å². The molecule has 0 spiro atoms. The number of halogens is 1. The first kappa shape index (κ1) is 10.5. The fourth-order valence-corrected chi connectivity index (χ4v) is 1.37. The summed E-state index contributed by atoms with van der Waals surface area (Å²) in [6.07, 6.45) is 3.52. The smallest absolute Gasteiger partial charge is 0.0785 e. The second kappa shape index (κ2) is 5.25. The number of rotatable bonds is 5. The molecule has 1 rings (SSSR count). The maximum absolute atomic E-state index is 5.75. The van der Waals surface area contributed by atoms with Gasteiger partial charge in [-0.15, -0.1) is 0 Å². The molecule has 0 bridgehead atoms. The van der Waals surface area contributed by atoms with Gasteiger partial charge in [-0.05, 0) is 19.0 Å². The highest BCUT2D eigenvalue weighted by atomic mass is 35.5. The topological polar surface area (TPSA) is 29.9 Å². The van der Waals surface area contributed by atoms with Crippen molar-refractivity contribution in [3.63, 3.8) is 0 Å². The molecular weight excluding hydrogens is 186 g/mol. The van der Waals surface area contributed by atoms with Crippen molar-refractivity contribution in [2.75, 3.05) is 13.1 Å². The minimum Gasteiger partial charge on any atom is -0.317 e. The Morgan fingerprint density at radius 1 is 1.69 bits per heavy atom. The van der Waals surface area contributed by atoms with Gasteiger partial charge in [-0.1, -0.05) is 25.4 Å². The Balaban J connectivity index is 2.31. The first-order valence-electron chi connectivity index (χ1n) is 4.61. The van der Waals surface area contributed by atoms with E-state index >= 15 is 0 Å². The zero-order chi connectivity index (χ0) is 9.68. The van der Waals surface area contributed by atoms with E-state index in [-0.39, 0.29) is 0 Å². The maximum atomic E-state index is 5.75. The van der Waals surface area contributed by atoms with Crippen molar-refractivity contribution < 1.29 is 0 Å². The van der Waals surface area contributed by atoms with Crippen molar-refractivity contribution in [2.24, 2.45) is 5.92 Å². The van der Waals surface area contributed by atoms with E-state index in [9.17, 15) is 0 Å². The molecule has 0 aliphatic heterocycles. The van der Waals surface area contributed by atoms with E-state index in [4.69, 9.17) is 11.6 Å². The summed E-state index contributed by atoms with van der Waals surface area (Å²) in [5.74, 6) is 0.580. The van der Waals surface area contributed by atoms with Gasteiger partial charge in [0.15, 0.2) is 0 Å². The van der Waals surface area contributed by atoms with Gasteiger partial charge in [-0.25, -0.2) is 0 Å². The van der Waals surface area contributed by atoms with Gasteiger partial charge in [0.25, 0.3) is 0 Å². The molecule has 3 nitrogen and oxygen atoms in total. The Hall–Kier alpha value is -0.540. The fraction of sp³-hybridized carbons (Fsp3) is 0.667. The van der Waals surface area contributed by atoms with E-state index in [2.05, 4.69) is 24.3 Å². The quantitative estimate of drug-likeness (QED) is 0.787. The third kappa shape index (κ3) is 3.79. The molecule has 1 aromatic heterocycles. The van der Waals surface area contributed by atoms with Gasteiger partial charge < -0.3 is 5.32 Å². The van der Waals surface area contributed by atoms with Crippen LogP contribution in [0.25, 0.3) is 0 Å². The molecule has 0 saturated heterocycles. The number of nitrogens with zero attached hydrogens (tertiary/aromatic N) is 2. The average molecular weight is 202 g/mol.